The molecule has 134 valence electrons. The number of amides is 1. The highest BCUT2D eigenvalue weighted by Crippen LogP contribution is 2.28. The van der Waals surface area contributed by atoms with Crippen LogP contribution in [0.4, 0.5) is 0 Å². The fourth-order valence-electron chi connectivity index (χ4n) is 2.39. The summed E-state index contributed by atoms with van der Waals surface area (Å²) >= 11 is 3.51. The molecule has 25 heavy (non-hydrogen) atoms. The predicted molar refractivity (Wildman–Crippen MR) is 103 cm³/mol. The van der Waals surface area contributed by atoms with E-state index in [9.17, 15) is 4.79 Å². The SMILES string of the molecule is CCCOc1ccc(CNC(=O)CCc2ccccc2Br)cc1OC. The van der Waals surface area contributed by atoms with Crippen LogP contribution in [0.3, 0.4) is 0 Å². The average Bonchev–Trinajstić information content (AvgIpc) is 2.64. The normalized spacial score (nSPS) is 10.4. The van der Waals surface area contributed by atoms with Crippen LogP contribution < -0.4 is 14.8 Å². The van der Waals surface area contributed by atoms with Crippen molar-refractivity contribution in [1.82, 2.24) is 5.32 Å². The van der Waals surface area contributed by atoms with Gasteiger partial charge in [-0.3, -0.25) is 4.79 Å². The summed E-state index contributed by atoms with van der Waals surface area (Å²) in [5.74, 6) is 1.45. The van der Waals surface area contributed by atoms with Crippen molar-refractivity contribution in [3.8, 4) is 11.5 Å². The first-order chi connectivity index (χ1) is 12.1. The van der Waals surface area contributed by atoms with Gasteiger partial charge in [0.05, 0.1) is 13.7 Å². The van der Waals surface area contributed by atoms with Gasteiger partial charge in [-0.2, -0.15) is 0 Å². The molecule has 0 saturated carbocycles. The average molecular weight is 406 g/mol. The van der Waals surface area contributed by atoms with Crippen LogP contribution >= 0.6 is 15.9 Å². The summed E-state index contributed by atoms with van der Waals surface area (Å²) in [6.07, 6.45) is 2.11. The van der Waals surface area contributed by atoms with E-state index in [1.165, 1.54) is 0 Å². The highest BCUT2D eigenvalue weighted by molar-refractivity contribution is 9.10. The van der Waals surface area contributed by atoms with Crippen LogP contribution in [0.25, 0.3) is 0 Å². The zero-order valence-corrected chi connectivity index (χ0v) is 16.3. The predicted octanol–water partition coefficient (Wildman–Crippen LogP) is 4.50. The Morgan fingerprint density at radius 2 is 1.96 bits per heavy atom. The van der Waals surface area contributed by atoms with Gasteiger partial charge in [0.1, 0.15) is 0 Å². The maximum absolute atomic E-state index is 12.1. The Morgan fingerprint density at radius 1 is 1.16 bits per heavy atom. The van der Waals surface area contributed by atoms with Crippen LogP contribution in [0.1, 0.15) is 30.9 Å². The lowest BCUT2D eigenvalue weighted by atomic mass is 10.1. The van der Waals surface area contributed by atoms with Crippen LogP contribution in [0.2, 0.25) is 0 Å². The molecular weight excluding hydrogens is 382 g/mol. The first-order valence-electron chi connectivity index (χ1n) is 8.43. The van der Waals surface area contributed by atoms with Crippen LogP contribution in [-0.4, -0.2) is 19.6 Å². The fraction of sp³-hybridized carbons (Fsp3) is 0.350. The Bertz CT molecular complexity index is 703. The van der Waals surface area contributed by atoms with Gasteiger partial charge in [-0.15, -0.1) is 0 Å². The Kier molecular flexibility index (Phi) is 7.79. The highest BCUT2D eigenvalue weighted by Gasteiger charge is 2.08. The van der Waals surface area contributed by atoms with Crippen molar-refractivity contribution in [3.05, 3.63) is 58.1 Å². The Labute approximate surface area is 157 Å². The van der Waals surface area contributed by atoms with E-state index in [0.29, 0.717) is 31.7 Å². The number of hydrogen-bond donors (Lipinski definition) is 1. The largest absolute Gasteiger partial charge is 0.493 e. The van der Waals surface area contributed by atoms with Gasteiger partial charge < -0.3 is 14.8 Å². The molecule has 0 fully saturated rings. The van der Waals surface area contributed by atoms with E-state index >= 15 is 0 Å². The van der Waals surface area contributed by atoms with Crippen molar-refractivity contribution in [2.75, 3.05) is 13.7 Å². The van der Waals surface area contributed by atoms with Gasteiger partial charge in [0, 0.05) is 17.4 Å². The summed E-state index contributed by atoms with van der Waals surface area (Å²) in [4.78, 5) is 12.1. The van der Waals surface area contributed by atoms with Gasteiger partial charge in [0.25, 0.3) is 0 Å². The second kappa shape index (κ2) is 10.1. The van der Waals surface area contributed by atoms with Crippen molar-refractivity contribution < 1.29 is 14.3 Å². The molecular formula is C20H24BrNO3. The van der Waals surface area contributed by atoms with Gasteiger partial charge in [-0.1, -0.05) is 47.1 Å². The molecule has 0 radical (unpaired) electrons. The van der Waals surface area contributed by atoms with Gasteiger partial charge in [-0.25, -0.2) is 0 Å². The van der Waals surface area contributed by atoms with Crippen LogP contribution in [0.5, 0.6) is 11.5 Å². The maximum atomic E-state index is 12.1. The summed E-state index contributed by atoms with van der Waals surface area (Å²) in [6.45, 7) is 3.19. The number of carbonyl (C=O) groups is 1. The van der Waals surface area contributed by atoms with E-state index in [1.807, 2.05) is 42.5 Å². The van der Waals surface area contributed by atoms with E-state index in [4.69, 9.17) is 9.47 Å². The van der Waals surface area contributed by atoms with Gasteiger partial charge in [0.2, 0.25) is 5.91 Å². The molecule has 4 nitrogen and oxygen atoms in total. The van der Waals surface area contributed by atoms with Crippen molar-refractivity contribution in [3.63, 3.8) is 0 Å². The van der Waals surface area contributed by atoms with Crippen LogP contribution in [-0.2, 0) is 17.8 Å². The topological polar surface area (TPSA) is 47.6 Å². The fourth-order valence-corrected chi connectivity index (χ4v) is 2.87. The quantitative estimate of drug-likeness (QED) is 0.667. The van der Waals surface area contributed by atoms with E-state index in [1.54, 1.807) is 7.11 Å². The molecule has 0 aromatic heterocycles. The molecule has 1 amide bonds. The minimum Gasteiger partial charge on any atom is -0.493 e. The van der Waals surface area contributed by atoms with Crippen molar-refractivity contribution >= 4 is 21.8 Å². The van der Waals surface area contributed by atoms with Crippen molar-refractivity contribution in [2.45, 2.75) is 32.7 Å². The molecule has 2 rings (SSSR count). The molecule has 0 aliphatic heterocycles. The van der Waals surface area contributed by atoms with E-state index < -0.39 is 0 Å². The molecule has 0 aliphatic carbocycles. The third-order valence-electron chi connectivity index (χ3n) is 3.76. The number of benzene rings is 2. The minimum absolute atomic E-state index is 0.0287. The minimum atomic E-state index is 0.0287. The third-order valence-corrected chi connectivity index (χ3v) is 4.53. The smallest absolute Gasteiger partial charge is 0.220 e. The zero-order chi connectivity index (χ0) is 18.1. The Morgan fingerprint density at radius 3 is 2.68 bits per heavy atom. The summed E-state index contributed by atoms with van der Waals surface area (Å²) in [7, 11) is 1.62. The summed E-state index contributed by atoms with van der Waals surface area (Å²) in [5.41, 5.74) is 2.12. The molecule has 1 N–H and O–H groups in total. The molecule has 2 aromatic rings. The number of aryl methyl sites for hydroxylation is 1. The van der Waals surface area contributed by atoms with Crippen LogP contribution in [0, 0.1) is 0 Å². The number of halogens is 1. The lowest BCUT2D eigenvalue weighted by Crippen LogP contribution is -2.23. The number of rotatable bonds is 9. The Hall–Kier alpha value is -2.01. The molecule has 0 atom stereocenters. The summed E-state index contributed by atoms with van der Waals surface area (Å²) in [5, 5.41) is 2.95. The molecule has 0 spiro atoms. The molecule has 0 bridgehead atoms. The molecule has 0 saturated heterocycles. The van der Waals surface area contributed by atoms with E-state index in [-0.39, 0.29) is 5.91 Å². The van der Waals surface area contributed by atoms with E-state index in [0.717, 1.165) is 27.8 Å². The number of ether oxygens (including phenoxy) is 2. The van der Waals surface area contributed by atoms with Crippen molar-refractivity contribution in [1.29, 1.82) is 0 Å². The molecule has 0 unspecified atom stereocenters. The maximum Gasteiger partial charge on any atom is 0.220 e. The van der Waals surface area contributed by atoms with Gasteiger partial charge >= 0.3 is 0 Å². The van der Waals surface area contributed by atoms with Gasteiger partial charge in [0.15, 0.2) is 11.5 Å². The Balaban J connectivity index is 1.85. The lowest BCUT2D eigenvalue weighted by molar-refractivity contribution is -0.121. The van der Waals surface area contributed by atoms with Crippen LogP contribution in [0.15, 0.2) is 46.9 Å². The highest BCUT2D eigenvalue weighted by atomic mass is 79.9. The standard InChI is InChI=1S/C20H24BrNO3/c1-3-12-25-18-10-8-15(13-19(18)24-2)14-22-20(23)11-9-16-6-4-5-7-17(16)21/h4-8,10,13H,3,9,11-12,14H2,1-2H3,(H,22,23). The molecule has 0 heterocycles. The first-order valence-corrected chi connectivity index (χ1v) is 9.23. The lowest BCUT2D eigenvalue weighted by Gasteiger charge is -2.12. The zero-order valence-electron chi connectivity index (χ0n) is 14.7. The molecule has 5 heteroatoms. The number of hydrogen-bond acceptors (Lipinski definition) is 3. The van der Waals surface area contributed by atoms with E-state index in [2.05, 4.69) is 28.2 Å². The third kappa shape index (κ3) is 6.09. The summed E-state index contributed by atoms with van der Waals surface area (Å²) < 4.78 is 12.0. The number of methoxy groups -OCH3 is 1. The molecule has 0 aliphatic rings. The second-order valence-corrected chi connectivity index (χ2v) is 6.56. The summed E-state index contributed by atoms with van der Waals surface area (Å²) in [6, 6.07) is 13.7. The number of carbonyl (C=O) groups excluding carboxylic acids is 1. The molecule has 2 aromatic carbocycles. The van der Waals surface area contributed by atoms with Gasteiger partial charge in [-0.05, 0) is 42.2 Å². The monoisotopic (exact) mass is 405 g/mol. The first kappa shape index (κ1) is 19.3. The van der Waals surface area contributed by atoms with Crippen molar-refractivity contribution in [2.24, 2.45) is 0 Å². The second-order valence-electron chi connectivity index (χ2n) is 5.70. The number of nitrogens with one attached hydrogen (secondary N) is 1.